The average Bonchev–Trinajstić information content (AvgIpc) is 3.40. The molecule has 1 aliphatic heterocycles. The number of rotatable bonds is 11. The van der Waals surface area contributed by atoms with Crippen molar-refractivity contribution in [2.24, 2.45) is 0 Å². The third-order valence-electron chi connectivity index (χ3n) is 6.08. The number of aryl methyl sites for hydroxylation is 1. The van der Waals surface area contributed by atoms with Gasteiger partial charge in [-0.05, 0) is 42.3 Å². The zero-order valence-corrected chi connectivity index (χ0v) is 23.4. The maximum atomic E-state index is 13.2. The van der Waals surface area contributed by atoms with Gasteiger partial charge < -0.3 is 29.9 Å². The molecule has 1 atom stereocenters. The zero-order chi connectivity index (χ0) is 27.8. The van der Waals surface area contributed by atoms with E-state index in [-0.39, 0.29) is 25.0 Å². The molecule has 0 bridgehead atoms. The predicted molar refractivity (Wildman–Crippen MR) is 150 cm³/mol. The second kappa shape index (κ2) is 13.9. The van der Waals surface area contributed by atoms with Crippen molar-refractivity contribution >= 4 is 40.0 Å². The molecule has 1 unspecified atom stereocenters. The Morgan fingerprint density at radius 3 is 2.67 bits per heavy atom. The first-order chi connectivity index (χ1) is 18.9. The third kappa shape index (κ3) is 7.78. The summed E-state index contributed by atoms with van der Waals surface area (Å²) < 4.78 is 11.7. The van der Waals surface area contributed by atoms with Crippen LogP contribution in [0.5, 0.6) is 5.75 Å². The summed E-state index contributed by atoms with van der Waals surface area (Å²) in [6.45, 7) is 4.60. The number of methoxy groups -OCH3 is 1. The van der Waals surface area contributed by atoms with Gasteiger partial charge in [0.15, 0.2) is 5.13 Å². The number of carbonyl (C=O) groups excluding carboxylic acids is 2. The van der Waals surface area contributed by atoms with Crippen molar-refractivity contribution in [2.75, 3.05) is 51.9 Å². The lowest BCUT2D eigenvalue weighted by Crippen LogP contribution is -2.40. The first-order valence-corrected chi connectivity index (χ1v) is 14.1. The summed E-state index contributed by atoms with van der Waals surface area (Å²) in [5.41, 5.74) is 2.92. The SMILES string of the molecule is COc1cc(C)c(Sc2cnc(NC(=O)c3ccc(CNCC(O)CO)cc3)s2)cc1C(=O)N1CCOCC1. The molecule has 2 aromatic carbocycles. The van der Waals surface area contributed by atoms with E-state index in [1.807, 2.05) is 31.2 Å². The van der Waals surface area contributed by atoms with Gasteiger partial charge in [-0.15, -0.1) is 0 Å². The Morgan fingerprint density at radius 1 is 1.23 bits per heavy atom. The van der Waals surface area contributed by atoms with Gasteiger partial charge in [-0.1, -0.05) is 35.2 Å². The lowest BCUT2D eigenvalue weighted by molar-refractivity contribution is 0.0300. The van der Waals surface area contributed by atoms with Gasteiger partial charge in [-0.25, -0.2) is 4.98 Å². The molecule has 4 N–H and O–H groups in total. The molecule has 1 saturated heterocycles. The van der Waals surface area contributed by atoms with Crippen LogP contribution in [0.15, 0.2) is 51.7 Å². The van der Waals surface area contributed by atoms with Crippen LogP contribution in [0.4, 0.5) is 5.13 Å². The Kier molecular flexibility index (Phi) is 10.3. The van der Waals surface area contributed by atoms with Crippen LogP contribution in [0.2, 0.25) is 0 Å². The van der Waals surface area contributed by atoms with E-state index in [0.29, 0.717) is 54.9 Å². The highest BCUT2D eigenvalue weighted by atomic mass is 32.2. The van der Waals surface area contributed by atoms with Crippen molar-refractivity contribution in [2.45, 2.75) is 28.7 Å². The van der Waals surface area contributed by atoms with Gasteiger partial charge in [0.25, 0.3) is 11.8 Å². The number of aromatic nitrogens is 1. The van der Waals surface area contributed by atoms with Crippen LogP contribution in [0.1, 0.15) is 31.8 Å². The zero-order valence-electron chi connectivity index (χ0n) is 21.8. The number of hydrogen-bond donors (Lipinski definition) is 4. The van der Waals surface area contributed by atoms with Crippen LogP contribution in [-0.2, 0) is 11.3 Å². The summed E-state index contributed by atoms with van der Waals surface area (Å²) >= 11 is 2.84. The smallest absolute Gasteiger partial charge is 0.257 e. The van der Waals surface area contributed by atoms with E-state index in [9.17, 15) is 14.7 Å². The van der Waals surface area contributed by atoms with Crippen molar-refractivity contribution in [3.05, 3.63) is 64.8 Å². The van der Waals surface area contributed by atoms with Gasteiger partial charge in [0.05, 0.1) is 49.0 Å². The molecule has 1 aliphatic rings. The quantitative estimate of drug-likeness (QED) is 0.274. The Morgan fingerprint density at radius 2 is 1.97 bits per heavy atom. The molecule has 0 spiro atoms. The number of anilines is 1. The van der Waals surface area contributed by atoms with Gasteiger partial charge in [-0.3, -0.25) is 14.9 Å². The summed E-state index contributed by atoms with van der Waals surface area (Å²) in [6.07, 6.45) is 0.901. The first kappa shape index (κ1) is 29.0. The normalized spacial score (nSPS) is 14.2. The first-order valence-electron chi connectivity index (χ1n) is 12.5. The van der Waals surface area contributed by atoms with E-state index >= 15 is 0 Å². The Balaban J connectivity index is 1.39. The van der Waals surface area contributed by atoms with Crippen LogP contribution in [0, 0.1) is 6.92 Å². The molecule has 3 aromatic rings. The summed E-state index contributed by atoms with van der Waals surface area (Å²) in [5, 5.41) is 24.6. The molecule has 12 heteroatoms. The van der Waals surface area contributed by atoms with Crippen LogP contribution < -0.4 is 15.4 Å². The second-order valence-electron chi connectivity index (χ2n) is 8.93. The molecule has 2 amide bonds. The number of aliphatic hydroxyl groups excluding tert-OH is 2. The summed E-state index contributed by atoms with van der Waals surface area (Å²) in [6, 6.07) is 10.8. The van der Waals surface area contributed by atoms with Crippen molar-refractivity contribution in [1.82, 2.24) is 15.2 Å². The molecule has 39 heavy (non-hydrogen) atoms. The van der Waals surface area contributed by atoms with Gasteiger partial charge in [0.2, 0.25) is 0 Å². The summed E-state index contributed by atoms with van der Waals surface area (Å²) in [7, 11) is 1.56. The molecule has 1 aromatic heterocycles. The Labute approximate surface area is 235 Å². The minimum Gasteiger partial charge on any atom is -0.496 e. The minimum atomic E-state index is -0.801. The van der Waals surface area contributed by atoms with Crippen molar-refractivity contribution in [3.63, 3.8) is 0 Å². The largest absolute Gasteiger partial charge is 0.496 e. The lowest BCUT2D eigenvalue weighted by Gasteiger charge is -2.27. The van der Waals surface area contributed by atoms with Gasteiger partial charge in [0, 0.05) is 36.6 Å². The average molecular weight is 573 g/mol. The van der Waals surface area contributed by atoms with E-state index in [4.69, 9.17) is 14.6 Å². The molecule has 0 aliphatic carbocycles. The van der Waals surface area contributed by atoms with Gasteiger partial charge >= 0.3 is 0 Å². The van der Waals surface area contributed by atoms with Crippen LogP contribution >= 0.6 is 23.1 Å². The molecule has 1 fully saturated rings. The van der Waals surface area contributed by atoms with E-state index in [2.05, 4.69) is 15.6 Å². The number of nitrogens with zero attached hydrogens (tertiary/aromatic N) is 2. The number of aliphatic hydroxyl groups is 2. The maximum absolute atomic E-state index is 13.2. The summed E-state index contributed by atoms with van der Waals surface area (Å²) in [4.78, 5) is 32.9. The number of hydrogen-bond acceptors (Lipinski definition) is 10. The molecule has 208 valence electrons. The molecule has 2 heterocycles. The van der Waals surface area contributed by atoms with E-state index in [1.165, 1.54) is 23.1 Å². The number of carbonyl (C=O) groups is 2. The van der Waals surface area contributed by atoms with Crippen LogP contribution in [0.25, 0.3) is 0 Å². The molecule has 10 nitrogen and oxygen atoms in total. The van der Waals surface area contributed by atoms with Crippen molar-refractivity contribution < 1.29 is 29.3 Å². The maximum Gasteiger partial charge on any atom is 0.257 e. The second-order valence-corrected chi connectivity index (χ2v) is 11.3. The Bertz CT molecular complexity index is 1280. The standard InChI is InChI=1S/C27H32N4O6S2/c1-17-11-22(36-2)21(26(35)31-7-9-37-10-8-31)12-23(17)38-24-15-29-27(39-24)30-25(34)19-5-3-18(4-6-19)13-28-14-20(33)16-32/h3-6,11-12,15,20,28,32-33H,7-10,13-14,16H2,1-2H3,(H,29,30,34). The lowest BCUT2D eigenvalue weighted by atomic mass is 10.1. The number of benzene rings is 2. The van der Waals surface area contributed by atoms with Crippen LogP contribution in [-0.4, -0.2) is 84.6 Å². The molecule has 0 saturated carbocycles. The van der Waals surface area contributed by atoms with E-state index in [0.717, 1.165) is 20.2 Å². The number of ether oxygens (including phenoxy) is 2. The van der Waals surface area contributed by atoms with Crippen molar-refractivity contribution in [1.29, 1.82) is 0 Å². The number of thiazole rings is 1. The topological polar surface area (TPSA) is 133 Å². The number of nitrogens with one attached hydrogen (secondary N) is 2. The number of morpholine rings is 1. The van der Waals surface area contributed by atoms with E-state index in [1.54, 1.807) is 30.3 Å². The number of amides is 2. The fourth-order valence-electron chi connectivity index (χ4n) is 3.91. The molecular weight excluding hydrogens is 540 g/mol. The highest BCUT2D eigenvalue weighted by molar-refractivity contribution is 8.01. The fourth-order valence-corrected chi connectivity index (χ4v) is 5.84. The fraction of sp³-hybridized carbons (Fsp3) is 0.370. The molecule has 4 rings (SSSR count). The van der Waals surface area contributed by atoms with E-state index < -0.39 is 6.10 Å². The monoisotopic (exact) mass is 572 g/mol. The van der Waals surface area contributed by atoms with Crippen molar-refractivity contribution in [3.8, 4) is 5.75 Å². The third-order valence-corrected chi connectivity index (χ3v) is 8.25. The summed E-state index contributed by atoms with van der Waals surface area (Å²) in [5.74, 6) is 0.184. The molecule has 0 radical (unpaired) electrons. The minimum absolute atomic E-state index is 0.0844. The van der Waals surface area contributed by atoms with Gasteiger partial charge in [0.1, 0.15) is 5.75 Å². The highest BCUT2D eigenvalue weighted by Crippen LogP contribution is 2.38. The van der Waals surface area contributed by atoms with Crippen LogP contribution in [0.3, 0.4) is 0 Å². The van der Waals surface area contributed by atoms with Gasteiger partial charge in [-0.2, -0.15) is 0 Å². The Hall–Kier alpha value is -3.00. The molecular formula is C27H32N4O6S2. The predicted octanol–water partition coefficient (Wildman–Crippen LogP) is 2.78. The highest BCUT2D eigenvalue weighted by Gasteiger charge is 2.23.